The van der Waals surface area contributed by atoms with Gasteiger partial charge < -0.3 is 15.1 Å². The number of urea groups is 1. The van der Waals surface area contributed by atoms with Crippen LogP contribution in [0.5, 0.6) is 0 Å². The number of likely N-dealkylation sites (tertiary alicyclic amines) is 1. The highest BCUT2D eigenvalue weighted by Crippen LogP contribution is 2.36. The fourth-order valence-electron chi connectivity index (χ4n) is 4.38. The van der Waals surface area contributed by atoms with Crippen LogP contribution < -0.4 is 5.32 Å². The number of amides is 2. The van der Waals surface area contributed by atoms with Gasteiger partial charge in [-0.2, -0.15) is 0 Å². The van der Waals surface area contributed by atoms with Crippen molar-refractivity contribution < 1.29 is 9.63 Å². The molecule has 2 aromatic rings. The molecule has 0 bridgehead atoms. The predicted octanol–water partition coefficient (Wildman–Crippen LogP) is 6.30. The summed E-state index contributed by atoms with van der Waals surface area (Å²) in [5, 5.41) is 7.46. The molecule has 170 valence electrons. The molecule has 0 aromatic heterocycles. The quantitative estimate of drug-likeness (QED) is 0.618. The van der Waals surface area contributed by atoms with E-state index in [-0.39, 0.29) is 17.0 Å². The van der Waals surface area contributed by atoms with Crippen LogP contribution >= 0.6 is 0 Å². The Hall–Kier alpha value is -2.82. The van der Waals surface area contributed by atoms with E-state index in [0.29, 0.717) is 19.0 Å². The molecule has 1 spiro atoms. The number of anilines is 1. The average molecular weight is 434 g/mol. The van der Waals surface area contributed by atoms with Gasteiger partial charge in [-0.3, -0.25) is 0 Å². The van der Waals surface area contributed by atoms with Crippen LogP contribution in [0.2, 0.25) is 0 Å². The molecule has 5 heteroatoms. The SMILES string of the molecule is CC(C)c1ccc(C2=NOC3(CCN(C(=O)Nc4ccc(C(C)(C)C)cc4)CC3)C2)cc1. The number of hydrogen-bond acceptors (Lipinski definition) is 3. The molecule has 2 amide bonds. The maximum Gasteiger partial charge on any atom is 0.321 e. The van der Waals surface area contributed by atoms with Gasteiger partial charge in [0.2, 0.25) is 0 Å². The van der Waals surface area contributed by atoms with Crippen molar-refractivity contribution in [1.82, 2.24) is 4.90 Å². The molecule has 2 heterocycles. The molecule has 0 atom stereocenters. The molecule has 1 saturated heterocycles. The van der Waals surface area contributed by atoms with E-state index in [1.165, 1.54) is 11.1 Å². The Morgan fingerprint density at radius 3 is 2.22 bits per heavy atom. The van der Waals surface area contributed by atoms with Crippen LogP contribution in [-0.2, 0) is 10.3 Å². The Bertz CT molecular complexity index is 977. The van der Waals surface area contributed by atoms with Crippen molar-refractivity contribution in [2.75, 3.05) is 18.4 Å². The molecule has 0 radical (unpaired) electrons. The fourth-order valence-corrected chi connectivity index (χ4v) is 4.38. The van der Waals surface area contributed by atoms with Crippen molar-refractivity contribution in [1.29, 1.82) is 0 Å². The second-order valence-electron chi connectivity index (χ2n) is 10.5. The Morgan fingerprint density at radius 1 is 1.03 bits per heavy atom. The summed E-state index contributed by atoms with van der Waals surface area (Å²) in [6, 6.07) is 16.7. The minimum Gasteiger partial charge on any atom is -0.388 e. The topological polar surface area (TPSA) is 53.9 Å². The highest BCUT2D eigenvalue weighted by Gasteiger charge is 2.43. The molecule has 2 aromatic carbocycles. The number of hydrogen-bond donors (Lipinski definition) is 1. The van der Waals surface area contributed by atoms with Crippen LogP contribution in [-0.4, -0.2) is 35.3 Å². The van der Waals surface area contributed by atoms with Crippen LogP contribution in [0, 0.1) is 0 Å². The lowest BCUT2D eigenvalue weighted by Gasteiger charge is -2.37. The minimum absolute atomic E-state index is 0.0493. The first kappa shape index (κ1) is 22.4. The summed E-state index contributed by atoms with van der Waals surface area (Å²) in [5.74, 6) is 0.518. The Kier molecular flexibility index (Phi) is 6.02. The number of carbonyl (C=O) groups excluding carboxylic acids is 1. The second kappa shape index (κ2) is 8.61. The van der Waals surface area contributed by atoms with Crippen LogP contribution in [0.4, 0.5) is 10.5 Å². The number of benzene rings is 2. The number of oxime groups is 1. The van der Waals surface area contributed by atoms with E-state index >= 15 is 0 Å². The van der Waals surface area contributed by atoms with Crippen molar-refractivity contribution in [2.24, 2.45) is 5.16 Å². The molecule has 0 saturated carbocycles. The lowest BCUT2D eigenvalue weighted by molar-refractivity contribution is -0.0544. The molecule has 5 nitrogen and oxygen atoms in total. The van der Waals surface area contributed by atoms with Crippen molar-refractivity contribution >= 4 is 17.4 Å². The van der Waals surface area contributed by atoms with Crippen LogP contribution in [0.25, 0.3) is 0 Å². The lowest BCUT2D eigenvalue weighted by atomic mass is 9.85. The first-order chi connectivity index (χ1) is 15.2. The van der Waals surface area contributed by atoms with Gasteiger partial charge in [-0.25, -0.2) is 4.79 Å². The van der Waals surface area contributed by atoms with E-state index in [9.17, 15) is 4.79 Å². The number of carbonyl (C=O) groups is 1. The Balaban J connectivity index is 1.31. The summed E-state index contributed by atoms with van der Waals surface area (Å²) in [7, 11) is 0. The summed E-state index contributed by atoms with van der Waals surface area (Å²) >= 11 is 0. The maximum atomic E-state index is 12.8. The van der Waals surface area contributed by atoms with Gasteiger partial charge in [-0.05, 0) is 40.2 Å². The number of piperidine rings is 1. The normalized spacial score (nSPS) is 17.9. The zero-order chi connectivity index (χ0) is 22.9. The van der Waals surface area contributed by atoms with Gasteiger partial charge in [0.25, 0.3) is 0 Å². The number of nitrogens with zero attached hydrogens (tertiary/aromatic N) is 2. The summed E-state index contributed by atoms with van der Waals surface area (Å²) in [6.07, 6.45) is 2.39. The first-order valence-electron chi connectivity index (χ1n) is 11.7. The van der Waals surface area contributed by atoms with E-state index in [1.807, 2.05) is 17.0 Å². The highest BCUT2D eigenvalue weighted by molar-refractivity contribution is 6.01. The standard InChI is InChI=1S/C27H35N3O2/c1-19(2)20-6-8-21(9-7-20)24-18-27(32-29-24)14-16-30(17-15-27)25(31)28-23-12-10-22(11-13-23)26(3,4)5/h6-13,19H,14-18H2,1-5H3,(H,28,31). The third-order valence-corrected chi connectivity index (χ3v) is 6.71. The fraction of sp³-hybridized carbons (Fsp3) is 0.481. The van der Waals surface area contributed by atoms with Gasteiger partial charge in [0.05, 0.1) is 5.71 Å². The summed E-state index contributed by atoms with van der Waals surface area (Å²) in [6.45, 7) is 12.3. The van der Waals surface area contributed by atoms with Crippen molar-refractivity contribution in [3.05, 3.63) is 65.2 Å². The van der Waals surface area contributed by atoms with Crippen molar-refractivity contribution in [3.63, 3.8) is 0 Å². The highest BCUT2D eigenvalue weighted by atomic mass is 16.7. The third-order valence-electron chi connectivity index (χ3n) is 6.71. The predicted molar refractivity (Wildman–Crippen MR) is 130 cm³/mol. The largest absolute Gasteiger partial charge is 0.388 e. The number of rotatable bonds is 3. The van der Waals surface area contributed by atoms with Gasteiger partial charge in [0.15, 0.2) is 0 Å². The molecule has 2 aliphatic rings. The zero-order valence-electron chi connectivity index (χ0n) is 19.9. The van der Waals surface area contributed by atoms with Crippen molar-refractivity contribution in [3.8, 4) is 0 Å². The monoisotopic (exact) mass is 433 g/mol. The first-order valence-corrected chi connectivity index (χ1v) is 11.7. The maximum absolute atomic E-state index is 12.8. The zero-order valence-corrected chi connectivity index (χ0v) is 19.9. The Labute approximate surface area is 191 Å². The molecule has 1 fully saturated rings. The molecule has 2 aliphatic heterocycles. The van der Waals surface area contributed by atoms with E-state index in [2.05, 4.69) is 81.5 Å². The second-order valence-corrected chi connectivity index (χ2v) is 10.5. The van der Waals surface area contributed by atoms with Crippen LogP contribution in [0.1, 0.15) is 76.5 Å². The van der Waals surface area contributed by atoms with Gasteiger partial charge in [0.1, 0.15) is 5.60 Å². The minimum atomic E-state index is -0.281. The van der Waals surface area contributed by atoms with Gasteiger partial charge in [0, 0.05) is 38.0 Å². The third kappa shape index (κ3) is 4.82. The van der Waals surface area contributed by atoms with Crippen LogP contribution in [0.3, 0.4) is 0 Å². The Morgan fingerprint density at radius 2 is 1.66 bits per heavy atom. The average Bonchev–Trinajstić information content (AvgIpc) is 3.17. The molecular weight excluding hydrogens is 398 g/mol. The summed E-state index contributed by atoms with van der Waals surface area (Å²) in [4.78, 5) is 20.6. The molecule has 1 N–H and O–H groups in total. The van der Waals surface area contributed by atoms with Gasteiger partial charge in [-0.1, -0.05) is 76.2 Å². The van der Waals surface area contributed by atoms with Gasteiger partial charge >= 0.3 is 6.03 Å². The summed E-state index contributed by atoms with van der Waals surface area (Å²) in [5.41, 5.74) is 5.37. The molecular formula is C27H35N3O2. The molecule has 4 rings (SSSR count). The van der Waals surface area contributed by atoms with Gasteiger partial charge in [-0.15, -0.1) is 0 Å². The van der Waals surface area contributed by atoms with Crippen LogP contribution in [0.15, 0.2) is 53.7 Å². The molecule has 32 heavy (non-hydrogen) atoms. The summed E-state index contributed by atoms with van der Waals surface area (Å²) < 4.78 is 0. The van der Waals surface area contributed by atoms with Crippen molar-refractivity contribution in [2.45, 2.75) is 70.8 Å². The smallest absolute Gasteiger partial charge is 0.321 e. The van der Waals surface area contributed by atoms with E-state index < -0.39 is 0 Å². The lowest BCUT2D eigenvalue weighted by Crippen LogP contribution is -2.48. The van der Waals surface area contributed by atoms with E-state index in [4.69, 9.17) is 4.84 Å². The van der Waals surface area contributed by atoms with E-state index in [0.717, 1.165) is 36.2 Å². The molecule has 0 aliphatic carbocycles. The number of nitrogens with one attached hydrogen (secondary N) is 1. The molecule has 0 unspecified atom stereocenters. The van der Waals surface area contributed by atoms with E-state index in [1.54, 1.807) is 0 Å².